The van der Waals surface area contributed by atoms with Gasteiger partial charge in [-0.1, -0.05) is 6.07 Å². The summed E-state index contributed by atoms with van der Waals surface area (Å²) in [6, 6.07) is 6.29. The highest BCUT2D eigenvalue weighted by Gasteiger charge is 2.28. The minimum Gasteiger partial charge on any atom is -0.502 e. The molecule has 0 saturated heterocycles. The summed E-state index contributed by atoms with van der Waals surface area (Å²) in [6.45, 7) is 0.906. The first kappa shape index (κ1) is 18.8. The lowest BCUT2D eigenvalue weighted by molar-refractivity contribution is -0.140. The summed E-state index contributed by atoms with van der Waals surface area (Å²) in [6.07, 6.45) is -0.136. The van der Waals surface area contributed by atoms with Gasteiger partial charge >= 0.3 is 5.97 Å². The second-order valence-corrected chi connectivity index (χ2v) is 5.96. The smallest absolute Gasteiger partial charge is 0.306 e. The molecule has 0 spiro atoms. The molecule has 1 aliphatic rings. The van der Waals surface area contributed by atoms with Crippen molar-refractivity contribution in [1.29, 1.82) is 0 Å². The number of aromatic hydroxyl groups is 1. The van der Waals surface area contributed by atoms with E-state index in [1.165, 1.54) is 14.2 Å². The van der Waals surface area contributed by atoms with E-state index in [4.69, 9.17) is 23.4 Å². The zero-order valence-corrected chi connectivity index (χ0v) is 15.0. The first-order valence-corrected chi connectivity index (χ1v) is 8.34. The van der Waals surface area contributed by atoms with Crippen LogP contribution < -0.4 is 14.9 Å². The molecule has 3 rings (SSSR count). The Morgan fingerprint density at radius 1 is 1.19 bits per heavy atom. The summed E-state index contributed by atoms with van der Waals surface area (Å²) in [7, 11) is 2.72. The predicted octanol–water partition coefficient (Wildman–Crippen LogP) is 1.96. The van der Waals surface area contributed by atoms with Gasteiger partial charge < -0.3 is 28.5 Å². The molecule has 144 valence electrons. The summed E-state index contributed by atoms with van der Waals surface area (Å²) in [5, 5.41) is 10.3. The molecule has 0 fully saturated rings. The van der Waals surface area contributed by atoms with Gasteiger partial charge in [-0.15, -0.1) is 0 Å². The average molecular weight is 376 g/mol. The second kappa shape index (κ2) is 8.13. The molecule has 1 aliphatic heterocycles. The zero-order chi connectivity index (χ0) is 19.4. The molecular formula is C19H20O8. The summed E-state index contributed by atoms with van der Waals surface area (Å²) in [4.78, 5) is 24.1. The van der Waals surface area contributed by atoms with E-state index in [9.17, 15) is 14.7 Å². The van der Waals surface area contributed by atoms with Crippen LogP contribution in [-0.2, 0) is 20.9 Å². The standard InChI is InChI=1S/C19H20O8/c1-23-10-12-8-14(20)18(22)19(27-12)13(9-17(21)24-2)11-3-4-15-16(7-11)26-6-5-25-15/h3-4,7-8,13,22H,5-6,9-10H2,1-2H3/t13-/m1/s1. The van der Waals surface area contributed by atoms with E-state index in [0.29, 0.717) is 30.3 Å². The van der Waals surface area contributed by atoms with E-state index in [0.717, 1.165) is 6.07 Å². The van der Waals surface area contributed by atoms with Crippen LogP contribution in [0.3, 0.4) is 0 Å². The average Bonchev–Trinajstić information content (AvgIpc) is 2.68. The Hall–Kier alpha value is -3.00. The summed E-state index contributed by atoms with van der Waals surface area (Å²) >= 11 is 0. The van der Waals surface area contributed by atoms with Crippen molar-refractivity contribution in [2.75, 3.05) is 27.4 Å². The molecule has 8 nitrogen and oxygen atoms in total. The molecule has 0 unspecified atom stereocenters. The van der Waals surface area contributed by atoms with Crippen LogP contribution in [0, 0.1) is 0 Å². The number of carbonyl (C=O) groups excluding carboxylic acids is 1. The van der Waals surface area contributed by atoms with E-state index in [2.05, 4.69) is 0 Å². The zero-order valence-electron chi connectivity index (χ0n) is 15.0. The molecule has 0 saturated carbocycles. The van der Waals surface area contributed by atoms with Crippen LogP contribution in [0.15, 0.2) is 33.5 Å². The highest BCUT2D eigenvalue weighted by Crippen LogP contribution is 2.38. The van der Waals surface area contributed by atoms with Crippen LogP contribution in [0.2, 0.25) is 0 Å². The normalized spacial score (nSPS) is 13.9. The molecule has 1 aromatic carbocycles. The molecule has 0 amide bonds. The quantitative estimate of drug-likeness (QED) is 0.763. The van der Waals surface area contributed by atoms with Crippen LogP contribution in [0.1, 0.15) is 29.4 Å². The molecule has 1 N–H and O–H groups in total. The fourth-order valence-corrected chi connectivity index (χ4v) is 2.89. The molecule has 2 heterocycles. The van der Waals surface area contributed by atoms with Crippen molar-refractivity contribution in [2.24, 2.45) is 0 Å². The maximum absolute atomic E-state index is 12.1. The van der Waals surface area contributed by atoms with Gasteiger partial charge in [0.2, 0.25) is 11.2 Å². The lowest BCUT2D eigenvalue weighted by Crippen LogP contribution is -2.17. The number of esters is 1. The van der Waals surface area contributed by atoms with Crippen molar-refractivity contribution in [3.8, 4) is 17.2 Å². The van der Waals surface area contributed by atoms with Gasteiger partial charge in [-0.3, -0.25) is 9.59 Å². The minimum absolute atomic E-state index is 0.0309. The third-order valence-electron chi connectivity index (χ3n) is 4.17. The van der Waals surface area contributed by atoms with E-state index < -0.39 is 23.1 Å². The van der Waals surface area contributed by atoms with Gasteiger partial charge in [-0.25, -0.2) is 0 Å². The van der Waals surface area contributed by atoms with Gasteiger partial charge in [0, 0.05) is 13.2 Å². The van der Waals surface area contributed by atoms with Gasteiger partial charge in [-0.2, -0.15) is 0 Å². The maximum atomic E-state index is 12.1. The SMILES string of the molecule is COCc1cc(=O)c(O)c([C@H](CC(=O)OC)c2ccc3c(c2)OCCO3)o1. The Bertz CT molecular complexity index is 886. The highest BCUT2D eigenvalue weighted by molar-refractivity contribution is 5.71. The molecule has 1 atom stereocenters. The van der Waals surface area contributed by atoms with Gasteiger partial charge in [-0.05, 0) is 17.7 Å². The Morgan fingerprint density at radius 3 is 2.63 bits per heavy atom. The number of hydrogen-bond donors (Lipinski definition) is 1. The molecule has 0 aliphatic carbocycles. The van der Waals surface area contributed by atoms with Crippen molar-refractivity contribution >= 4 is 5.97 Å². The van der Waals surface area contributed by atoms with E-state index in [-0.39, 0.29) is 24.5 Å². The van der Waals surface area contributed by atoms with Crippen LogP contribution in [0.25, 0.3) is 0 Å². The molecule has 2 aromatic rings. The van der Waals surface area contributed by atoms with E-state index in [1.807, 2.05) is 0 Å². The molecular weight excluding hydrogens is 356 g/mol. The lowest BCUT2D eigenvalue weighted by Gasteiger charge is -2.22. The van der Waals surface area contributed by atoms with Crippen molar-refractivity contribution in [2.45, 2.75) is 18.9 Å². The van der Waals surface area contributed by atoms with Gasteiger partial charge in [0.25, 0.3) is 0 Å². The highest BCUT2D eigenvalue weighted by atomic mass is 16.6. The van der Waals surface area contributed by atoms with Crippen molar-refractivity contribution in [3.05, 3.63) is 51.6 Å². The number of benzene rings is 1. The summed E-state index contributed by atoms with van der Waals surface area (Å²) in [5.41, 5.74) is -0.00613. The first-order chi connectivity index (χ1) is 13.0. The fourth-order valence-electron chi connectivity index (χ4n) is 2.89. The minimum atomic E-state index is -0.752. The number of ether oxygens (including phenoxy) is 4. The Kier molecular flexibility index (Phi) is 5.66. The molecule has 0 radical (unpaired) electrons. The van der Waals surface area contributed by atoms with E-state index >= 15 is 0 Å². The molecule has 1 aromatic heterocycles. The summed E-state index contributed by atoms with van der Waals surface area (Å²) < 4.78 is 26.5. The third kappa shape index (κ3) is 4.06. The maximum Gasteiger partial charge on any atom is 0.306 e. The summed E-state index contributed by atoms with van der Waals surface area (Å²) in [5.74, 6) is -0.519. The Labute approximate surface area is 155 Å². The molecule has 27 heavy (non-hydrogen) atoms. The largest absolute Gasteiger partial charge is 0.502 e. The number of methoxy groups -OCH3 is 2. The van der Waals surface area contributed by atoms with Gasteiger partial charge in [0.1, 0.15) is 25.6 Å². The molecule has 8 heteroatoms. The number of fused-ring (bicyclic) bond motifs is 1. The lowest BCUT2D eigenvalue weighted by atomic mass is 9.91. The van der Waals surface area contributed by atoms with Gasteiger partial charge in [0.05, 0.1) is 19.4 Å². The first-order valence-electron chi connectivity index (χ1n) is 8.34. The number of carbonyl (C=O) groups is 1. The Balaban J connectivity index is 2.09. The van der Waals surface area contributed by atoms with Crippen molar-refractivity contribution in [3.63, 3.8) is 0 Å². The fraction of sp³-hybridized carbons (Fsp3) is 0.368. The van der Waals surface area contributed by atoms with Crippen LogP contribution in [0.4, 0.5) is 0 Å². The monoisotopic (exact) mass is 376 g/mol. The van der Waals surface area contributed by atoms with E-state index in [1.54, 1.807) is 18.2 Å². The van der Waals surface area contributed by atoms with Gasteiger partial charge in [0.15, 0.2) is 17.3 Å². The number of hydrogen-bond acceptors (Lipinski definition) is 8. The van der Waals surface area contributed by atoms with Crippen LogP contribution in [-0.4, -0.2) is 38.5 Å². The van der Waals surface area contributed by atoms with Crippen LogP contribution in [0.5, 0.6) is 17.2 Å². The number of rotatable bonds is 6. The van der Waals surface area contributed by atoms with Crippen molar-refractivity contribution < 1.29 is 33.3 Å². The molecule has 0 bridgehead atoms. The van der Waals surface area contributed by atoms with Crippen molar-refractivity contribution in [1.82, 2.24) is 0 Å². The third-order valence-corrected chi connectivity index (χ3v) is 4.17. The topological polar surface area (TPSA) is 104 Å². The predicted molar refractivity (Wildman–Crippen MR) is 93.3 cm³/mol. The second-order valence-electron chi connectivity index (χ2n) is 5.96. The Morgan fingerprint density at radius 2 is 1.93 bits per heavy atom. The van der Waals surface area contributed by atoms with Crippen LogP contribution >= 0.6 is 0 Å².